The molecular formula is C38H36F3N3O2. The molecule has 7 rings (SSSR count). The fourth-order valence-electron chi connectivity index (χ4n) is 6.73. The van der Waals surface area contributed by atoms with Crippen LogP contribution in [0.15, 0.2) is 97.2 Å². The van der Waals surface area contributed by atoms with E-state index in [0.29, 0.717) is 24.2 Å². The van der Waals surface area contributed by atoms with Gasteiger partial charge < -0.3 is 9.47 Å². The van der Waals surface area contributed by atoms with Crippen molar-refractivity contribution in [1.82, 2.24) is 15.2 Å². The summed E-state index contributed by atoms with van der Waals surface area (Å²) in [5.74, 6) is 1.68. The van der Waals surface area contributed by atoms with Crippen LogP contribution in [0.3, 0.4) is 0 Å². The van der Waals surface area contributed by atoms with Crippen LogP contribution in [0, 0.1) is 0 Å². The molecule has 5 nitrogen and oxygen atoms in total. The Kier molecular flexibility index (Phi) is 8.17. The van der Waals surface area contributed by atoms with Crippen LogP contribution in [0.25, 0.3) is 22.0 Å². The van der Waals surface area contributed by atoms with Crippen molar-refractivity contribution in [3.63, 3.8) is 0 Å². The minimum Gasteiger partial charge on any atom is -0.494 e. The zero-order valence-electron chi connectivity index (χ0n) is 25.7. The van der Waals surface area contributed by atoms with E-state index in [-0.39, 0.29) is 11.1 Å². The molecule has 0 saturated carbocycles. The number of fused-ring (bicyclic) bond motifs is 2. The first-order valence-corrected chi connectivity index (χ1v) is 15.8. The third kappa shape index (κ3) is 6.19. The first-order valence-electron chi connectivity index (χ1n) is 15.8. The van der Waals surface area contributed by atoms with E-state index >= 15 is 0 Å². The molecule has 0 bridgehead atoms. The second-order valence-corrected chi connectivity index (χ2v) is 12.4. The highest BCUT2D eigenvalue weighted by Gasteiger charge is 2.36. The number of ether oxygens (including phenoxy) is 2. The van der Waals surface area contributed by atoms with Crippen molar-refractivity contribution in [2.24, 2.45) is 0 Å². The van der Waals surface area contributed by atoms with Crippen LogP contribution in [0.1, 0.15) is 41.2 Å². The van der Waals surface area contributed by atoms with Gasteiger partial charge in [-0.3, -0.25) is 15.2 Å². The van der Waals surface area contributed by atoms with Crippen LogP contribution in [-0.2, 0) is 24.6 Å². The fourth-order valence-corrected chi connectivity index (χ4v) is 6.73. The van der Waals surface area contributed by atoms with Crippen LogP contribution in [0.5, 0.6) is 11.5 Å². The standard InChI is InChI=1S/C38H36F3N3O2/c1-37(30-14-15-34-27(21-30)16-19-46-34)24-44(25-43-37)17-7-18-45-31-11-5-10-28(22-31)35-29(20-26-8-3-2-4-9-26)23-42-36-32(35)12-6-13-33(36)38(39,40)41/h2-6,8-15,21-23,43H,7,16-20,24-25H2,1H3. The minimum atomic E-state index is -4.51. The summed E-state index contributed by atoms with van der Waals surface area (Å²) in [4.78, 5) is 6.73. The molecule has 1 N–H and O–H groups in total. The number of halogens is 3. The van der Waals surface area contributed by atoms with Gasteiger partial charge in [-0.25, -0.2) is 0 Å². The summed E-state index contributed by atoms with van der Waals surface area (Å²) in [7, 11) is 0. The topological polar surface area (TPSA) is 46.6 Å². The number of alkyl halides is 3. The Morgan fingerprint density at radius 2 is 1.83 bits per heavy atom. The molecule has 0 radical (unpaired) electrons. The van der Waals surface area contributed by atoms with Crippen molar-refractivity contribution in [1.29, 1.82) is 0 Å². The van der Waals surface area contributed by atoms with Gasteiger partial charge in [0.15, 0.2) is 0 Å². The lowest BCUT2D eigenvalue weighted by molar-refractivity contribution is -0.136. The van der Waals surface area contributed by atoms with Gasteiger partial charge in [-0.1, -0.05) is 66.7 Å². The van der Waals surface area contributed by atoms with Crippen LogP contribution in [0.4, 0.5) is 13.2 Å². The quantitative estimate of drug-likeness (QED) is 0.169. The molecule has 46 heavy (non-hydrogen) atoms. The van der Waals surface area contributed by atoms with E-state index in [2.05, 4.69) is 40.3 Å². The van der Waals surface area contributed by atoms with Crippen molar-refractivity contribution >= 4 is 10.9 Å². The summed E-state index contributed by atoms with van der Waals surface area (Å²) in [5, 5.41) is 4.17. The number of hydrogen-bond acceptors (Lipinski definition) is 5. The van der Waals surface area contributed by atoms with Crippen molar-refractivity contribution in [2.45, 2.75) is 37.9 Å². The van der Waals surface area contributed by atoms with E-state index in [1.54, 1.807) is 12.3 Å². The third-order valence-corrected chi connectivity index (χ3v) is 9.09. The molecule has 2 aliphatic heterocycles. The van der Waals surface area contributed by atoms with Crippen molar-refractivity contribution < 1.29 is 22.6 Å². The van der Waals surface area contributed by atoms with Crippen molar-refractivity contribution in [3.05, 3.63) is 125 Å². The Labute approximate surface area is 267 Å². The summed E-state index contributed by atoms with van der Waals surface area (Å²) >= 11 is 0. The SMILES string of the molecule is CC1(c2ccc3c(c2)CCO3)CN(CCCOc2cccc(-c3c(Cc4ccccc4)cnc4c(C(F)(F)F)cccc34)c2)CN1. The molecule has 1 atom stereocenters. The molecule has 0 amide bonds. The maximum atomic E-state index is 14.0. The number of aromatic nitrogens is 1. The zero-order chi connectivity index (χ0) is 31.7. The highest BCUT2D eigenvalue weighted by atomic mass is 19.4. The Morgan fingerprint density at radius 3 is 2.67 bits per heavy atom. The maximum Gasteiger partial charge on any atom is 0.418 e. The molecule has 1 unspecified atom stereocenters. The average Bonchev–Trinajstić information content (AvgIpc) is 3.69. The summed E-state index contributed by atoms with van der Waals surface area (Å²) < 4.78 is 53.7. The molecule has 4 aromatic carbocycles. The first-order chi connectivity index (χ1) is 22.3. The Balaban J connectivity index is 1.07. The van der Waals surface area contributed by atoms with Crippen molar-refractivity contribution in [2.75, 3.05) is 33.0 Å². The highest BCUT2D eigenvalue weighted by molar-refractivity contribution is 5.98. The van der Waals surface area contributed by atoms with Gasteiger partial charge in [0.05, 0.1) is 29.8 Å². The van der Waals surface area contributed by atoms with Crippen LogP contribution in [0.2, 0.25) is 0 Å². The molecule has 8 heteroatoms. The van der Waals surface area contributed by atoms with Gasteiger partial charge in [0.25, 0.3) is 0 Å². The second-order valence-electron chi connectivity index (χ2n) is 12.4. The molecule has 2 aliphatic rings. The molecule has 3 heterocycles. The van der Waals surface area contributed by atoms with Gasteiger partial charge >= 0.3 is 6.18 Å². The summed E-state index contributed by atoms with van der Waals surface area (Å²) in [6.07, 6.45) is -0.577. The summed E-state index contributed by atoms with van der Waals surface area (Å²) in [6.45, 7) is 6.12. The average molecular weight is 624 g/mol. The Hall–Kier alpha value is -4.40. The summed E-state index contributed by atoms with van der Waals surface area (Å²) in [5.41, 5.74) is 5.12. The zero-order valence-corrected chi connectivity index (χ0v) is 25.7. The van der Waals surface area contributed by atoms with Gasteiger partial charge in [0, 0.05) is 37.8 Å². The minimum absolute atomic E-state index is 0.0485. The summed E-state index contributed by atoms with van der Waals surface area (Å²) in [6, 6.07) is 28.3. The molecule has 1 fully saturated rings. The van der Waals surface area contributed by atoms with Gasteiger partial charge in [-0.05, 0) is 77.4 Å². The molecule has 1 aromatic heterocycles. The number of hydrogen-bond donors (Lipinski definition) is 1. The Morgan fingerprint density at radius 1 is 0.978 bits per heavy atom. The number of nitrogens with one attached hydrogen (secondary N) is 1. The first kappa shape index (κ1) is 30.3. The monoisotopic (exact) mass is 623 g/mol. The van der Waals surface area contributed by atoms with E-state index in [0.717, 1.165) is 73.3 Å². The largest absolute Gasteiger partial charge is 0.494 e. The predicted molar refractivity (Wildman–Crippen MR) is 174 cm³/mol. The lowest BCUT2D eigenvalue weighted by atomic mass is 9.91. The second kappa shape index (κ2) is 12.4. The molecule has 0 spiro atoms. The predicted octanol–water partition coefficient (Wildman–Crippen LogP) is 7.99. The molecule has 0 aliphatic carbocycles. The van der Waals surface area contributed by atoms with E-state index in [1.165, 1.54) is 17.2 Å². The number of rotatable bonds is 9. The lowest BCUT2D eigenvalue weighted by Gasteiger charge is -2.25. The van der Waals surface area contributed by atoms with Crippen LogP contribution >= 0.6 is 0 Å². The van der Waals surface area contributed by atoms with Gasteiger partial charge in [0.1, 0.15) is 11.5 Å². The van der Waals surface area contributed by atoms with Crippen LogP contribution in [-0.4, -0.2) is 42.9 Å². The molecule has 5 aromatic rings. The molecule has 1 saturated heterocycles. The molecular weight excluding hydrogens is 587 g/mol. The van der Waals surface area contributed by atoms with Crippen LogP contribution < -0.4 is 14.8 Å². The van der Waals surface area contributed by atoms with Gasteiger partial charge in [-0.15, -0.1) is 0 Å². The normalized spacial score (nSPS) is 18.1. The number of pyridine rings is 1. The van der Waals surface area contributed by atoms with Crippen molar-refractivity contribution in [3.8, 4) is 22.6 Å². The fraction of sp³-hybridized carbons (Fsp3) is 0.289. The van der Waals surface area contributed by atoms with E-state index in [4.69, 9.17) is 9.47 Å². The number of nitrogens with zero attached hydrogens (tertiary/aromatic N) is 2. The number of benzene rings is 4. The maximum absolute atomic E-state index is 14.0. The third-order valence-electron chi connectivity index (χ3n) is 9.09. The van der Waals surface area contributed by atoms with E-state index in [1.807, 2.05) is 54.6 Å². The smallest absolute Gasteiger partial charge is 0.418 e. The molecule has 236 valence electrons. The lowest BCUT2D eigenvalue weighted by Crippen LogP contribution is -2.36. The van der Waals surface area contributed by atoms with E-state index < -0.39 is 11.7 Å². The van der Waals surface area contributed by atoms with E-state index in [9.17, 15) is 13.2 Å². The van der Waals surface area contributed by atoms with Gasteiger partial charge in [0.2, 0.25) is 0 Å². The highest BCUT2D eigenvalue weighted by Crippen LogP contribution is 2.40. The Bertz CT molecular complexity index is 1860. The van der Waals surface area contributed by atoms with Gasteiger partial charge in [-0.2, -0.15) is 13.2 Å². The number of para-hydroxylation sites is 1.